The molecule has 2 aromatic heterocycles. The minimum atomic E-state index is -4.78. The van der Waals surface area contributed by atoms with Crippen molar-refractivity contribution < 1.29 is 27.5 Å². The van der Waals surface area contributed by atoms with Gasteiger partial charge in [0.2, 0.25) is 5.91 Å². The number of hydrogen-bond donors (Lipinski definition) is 1. The summed E-state index contributed by atoms with van der Waals surface area (Å²) in [6, 6.07) is 5.97. The Balaban J connectivity index is 1.47. The maximum Gasteiger partial charge on any atom is 0.419 e. The van der Waals surface area contributed by atoms with Gasteiger partial charge in [0.25, 0.3) is 5.91 Å². The fraction of sp³-hybridized carbons (Fsp3) is 0.448. The number of fused-ring (bicyclic) bond motifs is 1. The van der Waals surface area contributed by atoms with Crippen LogP contribution < -0.4 is 10.1 Å². The number of hydrogen-bond acceptors (Lipinski definition) is 5. The number of amides is 2. The zero-order chi connectivity index (χ0) is 28.6. The molecular weight excluding hydrogens is 523 g/mol. The Morgan fingerprint density at radius 3 is 2.48 bits per heavy atom. The summed E-state index contributed by atoms with van der Waals surface area (Å²) in [6.07, 6.45) is 2.96. The zero-order valence-electron chi connectivity index (χ0n) is 22.3. The Bertz CT molecular complexity index is 1490. The van der Waals surface area contributed by atoms with Gasteiger partial charge in [0, 0.05) is 43.2 Å². The maximum atomic E-state index is 14.6. The number of benzene rings is 1. The highest BCUT2D eigenvalue weighted by atomic mass is 19.4. The molecule has 5 rings (SSSR count). The molecule has 0 bridgehead atoms. The molecule has 3 aromatic rings. The van der Waals surface area contributed by atoms with E-state index in [1.807, 2.05) is 11.0 Å². The summed E-state index contributed by atoms with van der Waals surface area (Å²) in [7, 11) is 3.03. The summed E-state index contributed by atoms with van der Waals surface area (Å²) in [4.78, 5) is 32.0. The fourth-order valence-corrected chi connectivity index (χ4v) is 6.05. The molecule has 1 saturated carbocycles. The second kappa shape index (κ2) is 10.8. The van der Waals surface area contributed by atoms with Crippen LogP contribution in [-0.2, 0) is 18.0 Å². The van der Waals surface area contributed by atoms with E-state index < -0.39 is 23.3 Å². The van der Waals surface area contributed by atoms with E-state index in [4.69, 9.17) is 4.74 Å². The number of alkyl halides is 3. The molecule has 1 aromatic carbocycles. The molecular formula is C29H30F3N5O3. The number of rotatable bonds is 5. The SMILES string of the molecule is COc1ccc(C(=O)Nc2cnc3c(c(C4CCN(C(=O)C5CCCC5)CC4)cn3C)c2C(F)(F)F)cc1C#N. The lowest BCUT2D eigenvalue weighted by atomic mass is 9.87. The van der Waals surface area contributed by atoms with E-state index >= 15 is 0 Å². The third-order valence-corrected chi connectivity index (χ3v) is 8.08. The van der Waals surface area contributed by atoms with Crippen molar-refractivity contribution in [2.24, 2.45) is 13.0 Å². The molecule has 0 atom stereocenters. The first kappa shape index (κ1) is 27.5. The number of halogens is 3. The summed E-state index contributed by atoms with van der Waals surface area (Å²) < 4.78 is 50.6. The Hall–Kier alpha value is -4.07. The summed E-state index contributed by atoms with van der Waals surface area (Å²) in [5, 5.41) is 11.7. The van der Waals surface area contributed by atoms with Crippen molar-refractivity contribution >= 4 is 28.5 Å². The van der Waals surface area contributed by atoms with Gasteiger partial charge in [-0.1, -0.05) is 12.8 Å². The van der Waals surface area contributed by atoms with Crippen LogP contribution in [0, 0.1) is 17.2 Å². The van der Waals surface area contributed by atoms with Crippen LogP contribution >= 0.6 is 0 Å². The van der Waals surface area contributed by atoms with Crippen molar-refractivity contribution in [1.82, 2.24) is 14.5 Å². The van der Waals surface area contributed by atoms with Gasteiger partial charge in [-0.2, -0.15) is 18.4 Å². The maximum absolute atomic E-state index is 14.6. The molecule has 40 heavy (non-hydrogen) atoms. The Morgan fingerprint density at radius 2 is 1.85 bits per heavy atom. The van der Waals surface area contributed by atoms with E-state index in [2.05, 4.69) is 10.3 Å². The van der Waals surface area contributed by atoms with E-state index in [-0.39, 0.29) is 45.7 Å². The summed E-state index contributed by atoms with van der Waals surface area (Å²) >= 11 is 0. The van der Waals surface area contributed by atoms with Crippen LogP contribution in [0.25, 0.3) is 11.0 Å². The molecule has 0 unspecified atom stereocenters. The van der Waals surface area contributed by atoms with Crippen LogP contribution in [0.4, 0.5) is 18.9 Å². The molecule has 1 aliphatic heterocycles. The number of pyridine rings is 1. The average Bonchev–Trinajstić information content (AvgIpc) is 3.60. The second-order valence-electron chi connectivity index (χ2n) is 10.5. The highest BCUT2D eigenvalue weighted by Crippen LogP contribution is 2.44. The highest BCUT2D eigenvalue weighted by molar-refractivity contribution is 6.06. The number of carbonyl (C=O) groups is 2. The van der Waals surface area contributed by atoms with Gasteiger partial charge in [-0.15, -0.1) is 0 Å². The summed E-state index contributed by atoms with van der Waals surface area (Å²) in [5.74, 6) is -0.513. The molecule has 210 valence electrons. The molecule has 2 amide bonds. The quantitative estimate of drug-likeness (QED) is 0.442. The van der Waals surface area contributed by atoms with E-state index in [1.165, 1.54) is 25.3 Å². The van der Waals surface area contributed by atoms with Crippen LogP contribution in [0.1, 0.15) is 71.5 Å². The van der Waals surface area contributed by atoms with Crippen molar-refractivity contribution in [2.45, 2.75) is 50.6 Å². The molecule has 1 aliphatic carbocycles. The molecule has 11 heteroatoms. The Kier molecular flexibility index (Phi) is 7.45. The average molecular weight is 554 g/mol. The van der Waals surface area contributed by atoms with Gasteiger partial charge in [0.1, 0.15) is 17.5 Å². The van der Waals surface area contributed by atoms with Gasteiger partial charge >= 0.3 is 6.18 Å². The second-order valence-corrected chi connectivity index (χ2v) is 10.5. The number of aryl methyl sites for hydroxylation is 1. The number of anilines is 1. The number of ether oxygens (including phenoxy) is 1. The number of methoxy groups -OCH3 is 1. The van der Waals surface area contributed by atoms with Crippen molar-refractivity contribution in [2.75, 3.05) is 25.5 Å². The molecule has 0 spiro atoms. The van der Waals surface area contributed by atoms with Crippen molar-refractivity contribution in [1.29, 1.82) is 5.26 Å². The monoisotopic (exact) mass is 553 g/mol. The lowest BCUT2D eigenvalue weighted by molar-refractivity contribution is -0.136. The van der Waals surface area contributed by atoms with Gasteiger partial charge in [-0.25, -0.2) is 4.98 Å². The molecule has 1 saturated heterocycles. The van der Waals surface area contributed by atoms with Gasteiger partial charge in [0.15, 0.2) is 0 Å². The van der Waals surface area contributed by atoms with Crippen molar-refractivity contribution in [3.8, 4) is 11.8 Å². The van der Waals surface area contributed by atoms with Crippen LogP contribution in [0.15, 0.2) is 30.6 Å². The fourth-order valence-electron chi connectivity index (χ4n) is 6.05. The summed E-state index contributed by atoms with van der Waals surface area (Å²) in [5.41, 5.74) is -0.639. The lowest BCUT2D eigenvalue weighted by Gasteiger charge is -2.33. The van der Waals surface area contributed by atoms with Crippen LogP contribution in [-0.4, -0.2) is 46.5 Å². The van der Waals surface area contributed by atoms with Gasteiger partial charge in [-0.05, 0) is 55.4 Å². The minimum absolute atomic E-state index is 0.0122. The third-order valence-electron chi connectivity index (χ3n) is 8.08. The smallest absolute Gasteiger partial charge is 0.419 e. The van der Waals surface area contributed by atoms with E-state index in [0.717, 1.165) is 31.9 Å². The summed E-state index contributed by atoms with van der Waals surface area (Å²) in [6.45, 7) is 1.00. The highest BCUT2D eigenvalue weighted by Gasteiger charge is 2.40. The van der Waals surface area contributed by atoms with E-state index in [9.17, 15) is 28.0 Å². The molecule has 2 fully saturated rings. The first-order chi connectivity index (χ1) is 19.1. The van der Waals surface area contributed by atoms with Crippen molar-refractivity contribution in [3.05, 3.63) is 52.8 Å². The predicted molar refractivity (Wildman–Crippen MR) is 142 cm³/mol. The number of nitrogens with one attached hydrogen (secondary N) is 1. The molecule has 1 N–H and O–H groups in total. The zero-order valence-corrected chi connectivity index (χ0v) is 22.3. The van der Waals surface area contributed by atoms with Crippen LogP contribution in [0.5, 0.6) is 5.75 Å². The van der Waals surface area contributed by atoms with E-state index in [0.29, 0.717) is 31.5 Å². The number of piperidine rings is 1. The standard InChI is InChI=1S/C29H30F3N5O3/c1-36-16-21(17-9-11-37(12-10-17)28(39)18-5-3-4-6-18)24-25(29(30,31)32)22(15-34-26(24)36)35-27(38)19-7-8-23(40-2)20(13-19)14-33/h7-8,13,15-18H,3-6,9-12H2,1-2H3,(H,35,38). The van der Waals surface area contributed by atoms with Gasteiger partial charge in [0.05, 0.1) is 30.1 Å². The predicted octanol–water partition coefficient (Wildman–Crippen LogP) is 5.62. The van der Waals surface area contributed by atoms with Crippen LogP contribution in [0.3, 0.4) is 0 Å². The van der Waals surface area contributed by atoms with Crippen molar-refractivity contribution in [3.63, 3.8) is 0 Å². The first-order valence-corrected chi connectivity index (χ1v) is 13.4. The first-order valence-electron chi connectivity index (χ1n) is 13.4. The number of likely N-dealkylation sites (tertiary alicyclic amines) is 1. The third kappa shape index (κ3) is 5.10. The number of nitrogens with zero attached hydrogens (tertiary/aromatic N) is 4. The molecule has 2 aliphatic rings. The van der Waals surface area contributed by atoms with Gasteiger partial charge < -0.3 is 19.5 Å². The molecule has 8 nitrogen and oxygen atoms in total. The topological polar surface area (TPSA) is 100 Å². The molecule has 0 radical (unpaired) electrons. The van der Waals surface area contributed by atoms with Crippen LogP contribution in [0.2, 0.25) is 0 Å². The molecule has 3 heterocycles. The van der Waals surface area contributed by atoms with Gasteiger partial charge in [-0.3, -0.25) is 9.59 Å². The number of aromatic nitrogens is 2. The lowest BCUT2D eigenvalue weighted by Crippen LogP contribution is -2.40. The minimum Gasteiger partial charge on any atom is -0.495 e. The number of carbonyl (C=O) groups excluding carboxylic acids is 2. The Labute approximate surface area is 229 Å². The Morgan fingerprint density at radius 1 is 1.15 bits per heavy atom. The van der Waals surface area contributed by atoms with E-state index in [1.54, 1.807) is 17.8 Å². The normalized spacial score (nSPS) is 16.8. The number of nitriles is 1. The largest absolute Gasteiger partial charge is 0.495 e.